The van der Waals surface area contributed by atoms with Gasteiger partial charge in [-0.1, -0.05) is 6.08 Å². The normalized spacial score (nSPS) is 19.3. The van der Waals surface area contributed by atoms with Crippen LogP contribution in [0.5, 0.6) is 0 Å². The van der Waals surface area contributed by atoms with Gasteiger partial charge in [-0.05, 0) is 32.6 Å². The molecule has 15 heavy (non-hydrogen) atoms. The van der Waals surface area contributed by atoms with Crippen LogP contribution in [0.2, 0.25) is 0 Å². The van der Waals surface area contributed by atoms with E-state index in [1.165, 1.54) is 12.8 Å². The Balaban J connectivity index is 2.35. The molecule has 0 heterocycles. The summed E-state index contributed by atoms with van der Waals surface area (Å²) in [7, 11) is 0. The van der Waals surface area contributed by atoms with E-state index >= 15 is 0 Å². The van der Waals surface area contributed by atoms with Crippen LogP contribution in [0.25, 0.3) is 0 Å². The molecule has 0 radical (unpaired) electrons. The first-order chi connectivity index (χ1) is 7.12. The summed E-state index contributed by atoms with van der Waals surface area (Å²) in [6.45, 7) is 8.78. The molecule has 1 fully saturated rings. The van der Waals surface area contributed by atoms with Gasteiger partial charge in [-0.2, -0.15) is 0 Å². The number of carbonyl (C=O) groups excluding carboxylic acids is 1. The molecule has 0 spiro atoms. The zero-order valence-corrected chi connectivity index (χ0v) is 9.62. The van der Waals surface area contributed by atoms with Crippen LogP contribution in [0, 0.1) is 11.3 Å². The molecule has 86 valence electrons. The third kappa shape index (κ3) is 3.67. The third-order valence-corrected chi connectivity index (χ3v) is 2.64. The number of hydrogen-bond donors (Lipinski definition) is 0. The minimum Gasteiger partial charge on any atom is -0.465 e. The molecule has 0 saturated heterocycles. The SMILES string of the molecule is C=CC(C)(COCC1CC1)C(=O)OCC. The van der Waals surface area contributed by atoms with Gasteiger partial charge in [-0.3, -0.25) is 4.79 Å². The van der Waals surface area contributed by atoms with Crippen LogP contribution < -0.4 is 0 Å². The molecule has 0 amide bonds. The highest BCUT2D eigenvalue weighted by atomic mass is 16.5. The van der Waals surface area contributed by atoms with Gasteiger partial charge in [-0.25, -0.2) is 0 Å². The molecule has 0 aromatic rings. The summed E-state index contributed by atoms with van der Waals surface area (Å²) in [6, 6.07) is 0. The van der Waals surface area contributed by atoms with Gasteiger partial charge in [0.2, 0.25) is 0 Å². The topological polar surface area (TPSA) is 35.5 Å². The Kier molecular flexibility index (Phi) is 4.33. The Bertz CT molecular complexity index is 233. The monoisotopic (exact) mass is 212 g/mol. The van der Waals surface area contributed by atoms with Gasteiger partial charge in [0, 0.05) is 6.61 Å². The molecule has 1 unspecified atom stereocenters. The van der Waals surface area contributed by atoms with E-state index in [2.05, 4.69) is 6.58 Å². The van der Waals surface area contributed by atoms with E-state index in [-0.39, 0.29) is 5.97 Å². The zero-order valence-electron chi connectivity index (χ0n) is 9.62. The fourth-order valence-corrected chi connectivity index (χ4v) is 1.22. The smallest absolute Gasteiger partial charge is 0.317 e. The second-order valence-corrected chi connectivity index (χ2v) is 4.30. The summed E-state index contributed by atoms with van der Waals surface area (Å²) in [4.78, 5) is 11.6. The Morgan fingerprint density at radius 2 is 2.27 bits per heavy atom. The predicted molar refractivity (Wildman–Crippen MR) is 58.5 cm³/mol. The Morgan fingerprint density at radius 1 is 1.60 bits per heavy atom. The highest BCUT2D eigenvalue weighted by Crippen LogP contribution is 2.30. The molecule has 1 atom stereocenters. The number of hydrogen-bond acceptors (Lipinski definition) is 3. The van der Waals surface area contributed by atoms with Crippen molar-refractivity contribution < 1.29 is 14.3 Å². The maximum atomic E-state index is 11.6. The summed E-state index contributed by atoms with van der Waals surface area (Å²) in [5.74, 6) is 0.456. The van der Waals surface area contributed by atoms with E-state index in [4.69, 9.17) is 9.47 Å². The number of rotatable bonds is 7. The minimum atomic E-state index is -0.703. The van der Waals surface area contributed by atoms with Crippen molar-refractivity contribution in [1.29, 1.82) is 0 Å². The number of esters is 1. The van der Waals surface area contributed by atoms with Crippen molar-refractivity contribution >= 4 is 5.97 Å². The van der Waals surface area contributed by atoms with Crippen molar-refractivity contribution in [3.63, 3.8) is 0 Å². The average molecular weight is 212 g/mol. The number of carbonyl (C=O) groups is 1. The van der Waals surface area contributed by atoms with Crippen LogP contribution in [0.3, 0.4) is 0 Å². The highest BCUT2D eigenvalue weighted by molar-refractivity contribution is 5.78. The van der Waals surface area contributed by atoms with Gasteiger partial charge in [-0.15, -0.1) is 6.58 Å². The first-order valence-electron chi connectivity index (χ1n) is 5.51. The fourth-order valence-electron chi connectivity index (χ4n) is 1.22. The van der Waals surface area contributed by atoms with E-state index in [1.54, 1.807) is 19.9 Å². The Labute approximate surface area is 91.4 Å². The van der Waals surface area contributed by atoms with Crippen LogP contribution in [-0.2, 0) is 14.3 Å². The molecule has 0 aromatic heterocycles. The minimum absolute atomic E-state index is 0.254. The lowest BCUT2D eigenvalue weighted by atomic mass is 9.92. The molecule has 0 N–H and O–H groups in total. The maximum absolute atomic E-state index is 11.6. The van der Waals surface area contributed by atoms with Gasteiger partial charge < -0.3 is 9.47 Å². The largest absolute Gasteiger partial charge is 0.465 e. The lowest BCUT2D eigenvalue weighted by Gasteiger charge is -2.22. The molecule has 0 aliphatic heterocycles. The van der Waals surface area contributed by atoms with E-state index in [9.17, 15) is 4.79 Å². The molecular formula is C12H20O3. The first kappa shape index (κ1) is 12.2. The van der Waals surface area contributed by atoms with Crippen LogP contribution >= 0.6 is 0 Å². The molecule has 1 saturated carbocycles. The van der Waals surface area contributed by atoms with E-state index < -0.39 is 5.41 Å². The molecule has 1 aliphatic carbocycles. The summed E-state index contributed by atoms with van der Waals surface area (Å²) < 4.78 is 10.5. The zero-order chi connectivity index (χ0) is 11.3. The van der Waals surface area contributed by atoms with E-state index in [1.807, 2.05) is 0 Å². The van der Waals surface area contributed by atoms with Crippen LogP contribution in [0.15, 0.2) is 12.7 Å². The average Bonchev–Trinajstić information content (AvgIpc) is 3.02. The van der Waals surface area contributed by atoms with E-state index in [0.717, 1.165) is 6.61 Å². The van der Waals surface area contributed by atoms with Crippen molar-refractivity contribution in [2.24, 2.45) is 11.3 Å². The van der Waals surface area contributed by atoms with Crippen molar-refractivity contribution in [2.45, 2.75) is 26.7 Å². The van der Waals surface area contributed by atoms with Crippen LogP contribution in [0.1, 0.15) is 26.7 Å². The lowest BCUT2D eigenvalue weighted by Crippen LogP contribution is -2.33. The standard InChI is InChI=1S/C12H20O3/c1-4-12(3,11(13)15-5-2)9-14-8-10-6-7-10/h4,10H,1,5-9H2,2-3H3. The van der Waals surface area contributed by atoms with Crippen LogP contribution in [0.4, 0.5) is 0 Å². The van der Waals surface area contributed by atoms with E-state index in [0.29, 0.717) is 19.1 Å². The van der Waals surface area contributed by atoms with Gasteiger partial charge in [0.05, 0.1) is 13.2 Å². The van der Waals surface area contributed by atoms with Gasteiger partial charge in [0.1, 0.15) is 5.41 Å². The summed E-state index contributed by atoms with van der Waals surface area (Å²) >= 11 is 0. The molecule has 0 aromatic carbocycles. The van der Waals surface area contributed by atoms with Crippen molar-refractivity contribution in [3.8, 4) is 0 Å². The second kappa shape index (κ2) is 5.31. The van der Waals surface area contributed by atoms with Gasteiger partial charge in [0.15, 0.2) is 0 Å². The Morgan fingerprint density at radius 3 is 2.73 bits per heavy atom. The summed E-state index contributed by atoms with van der Waals surface area (Å²) in [5.41, 5.74) is -0.703. The second-order valence-electron chi connectivity index (χ2n) is 4.30. The highest BCUT2D eigenvalue weighted by Gasteiger charge is 2.32. The molecule has 0 bridgehead atoms. The predicted octanol–water partition coefficient (Wildman–Crippen LogP) is 2.17. The summed E-state index contributed by atoms with van der Waals surface area (Å²) in [5, 5.41) is 0. The van der Waals surface area contributed by atoms with Crippen molar-refractivity contribution in [1.82, 2.24) is 0 Å². The number of ether oxygens (including phenoxy) is 2. The maximum Gasteiger partial charge on any atom is 0.317 e. The first-order valence-corrected chi connectivity index (χ1v) is 5.51. The van der Waals surface area contributed by atoms with Gasteiger partial charge in [0.25, 0.3) is 0 Å². The van der Waals surface area contributed by atoms with Crippen molar-refractivity contribution in [2.75, 3.05) is 19.8 Å². The quantitative estimate of drug-likeness (QED) is 0.479. The molecule has 1 rings (SSSR count). The van der Waals surface area contributed by atoms with Gasteiger partial charge >= 0.3 is 5.97 Å². The summed E-state index contributed by atoms with van der Waals surface area (Å²) in [6.07, 6.45) is 4.12. The third-order valence-electron chi connectivity index (χ3n) is 2.64. The Hall–Kier alpha value is -0.830. The lowest BCUT2D eigenvalue weighted by molar-refractivity contribution is -0.154. The molecule has 3 heteroatoms. The molecule has 1 aliphatic rings. The fraction of sp³-hybridized carbons (Fsp3) is 0.750. The molecular weight excluding hydrogens is 192 g/mol. The molecule has 3 nitrogen and oxygen atoms in total. The van der Waals surface area contributed by atoms with Crippen LogP contribution in [-0.4, -0.2) is 25.8 Å². The van der Waals surface area contributed by atoms with Crippen molar-refractivity contribution in [3.05, 3.63) is 12.7 Å².